The van der Waals surface area contributed by atoms with E-state index in [4.69, 9.17) is 14.5 Å². The Hall–Kier alpha value is -2.76. The highest BCUT2D eigenvalue weighted by Gasteiger charge is 2.38. The standard InChI is InChI=1S/C24H26FNO4/c1-24(2)12-17-20(18(27)13-24)19(14-8-10-16(25)11-9-14)22(30-23(28)29-3)21(26-17)15-6-4-5-7-15/h8-11,15H,4-7,12-13H2,1-3H3. The Kier molecular flexibility index (Phi) is 5.35. The first-order chi connectivity index (χ1) is 14.3. The lowest BCUT2D eigenvalue weighted by atomic mass is 9.73. The van der Waals surface area contributed by atoms with E-state index in [-0.39, 0.29) is 28.7 Å². The van der Waals surface area contributed by atoms with Gasteiger partial charge in [0, 0.05) is 17.9 Å². The van der Waals surface area contributed by atoms with Crippen LogP contribution in [0.25, 0.3) is 11.1 Å². The molecule has 0 unspecified atom stereocenters. The highest BCUT2D eigenvalue weighted by Crippen LogP contribution is 2.48. The van der Waals surface area contributed by atoms with Crippen LogP contribution in [-0.2, 0) is 11.2 Å². The van der Waals surface area contributed by atoms with E-state index in [0.717, 1.165) is 31.4 Å². The molecule has 0 radical (unpaired) electrons. The number of aromatic nitrogens is 1. The predicted molar refractivity (Wildman–Crippen MR) is 110 cm³/mol. The van der Waals surface area contributed by atoms with Crippen LogP contribution in [-0.4, -0.2) is 24.0 Å². The van der Waals surface area contributed by atoms with Crippen LogP contribution < -0.4 is 4.74 Å². The third kappa shape index (κ3) is 3.83. The highest BCUT2D eigenvalue weighted by molar-refractivity contribution is 6.06. The number of rotatable bonds is 3. The minimum absolute atomic E-state index is 0.0410. The number of benzene rings is 1. The number of pyridine rings is 1. The van der Waals surface area contributed by atoms with Gasteiger partial charge in [0.15, 0.2) is 11.5 Å². The van der Waals surface area contributed by atoms with Crippen molar-refractivity contribution < 1.29 is 23.5 Å². The number of hydrogen-bond donors (Lipinski definition) is 0. The summed E-state index contributed by atoms with van der Waals surface area (Å²) >= 11 is 0. The number of halogens is 1. The van der Waals surface area contributed by atoms with Crippen LogP contribution in [0.15, 0.2) is 24.3 Å². The van der Waals surface area contributed by atoms with Gasteiger partial charge in [-0.05, 0) is 42.4 Å². The van der Waals surface area contributed by atoms with Crippen LogP contribution in [0.3, 0.4) is 0 Å². The molecule has 2 aliphatic carbocycles. The summed E-state index contributed by atoms with van der Waals surface area (Å²) in [4.78, 5) is 30.2. The minimum atomic E-state index is -0.858. The van der Waals surface area contributed by atoms with Gasteiger partial charge in [0.05, 0.1) is 24.1 Å². The fraction of sp³-hybridized carbons (Fsp3) is 0.458. The molecule has 158 valence electrons. The number of methoxy groups -OCH3 is 1. The van der Waals surface area contributed by atoms with Crippen molar-refractivity contribution in [2.75, 3.05) is 7.11 Å². The van der Waals surface area contributed by atoms with Crippen LogP contribution in [0.1, 0.15) is 73.6 Å². The molecular weight excluding hydrogens is 385 g/mol. The van der Waals surface area contributed by atoms with Gasteiger partial charge in [-0.3, -0.25) is 9.78 Å². The predicted octanol–water partition coefficient (Wildman–Crippen LogP) is 5.85. The summed E-state index contributed by atoms with van der Waals surface area (Å²) in [5.41, 5.74) is 2.85. The lowest BCUT2D eigenvalue weighted by Gasteiger charge is -2.32. The molecule has 0 atom stereocenters. The molecule has 2 aromatic rings. The first kappa shape index (κ1) is 20.5. The van der Waals surface area contributed by atoms with Gasteiger partial charge < -0.3 is 9.47 Å². The van der Waals surface area contributed by atoms with Gasteiger partial charge in [-0.25, -0.2) is 9.18 Å². The van der Waals surface area contributed by atoms with Crippen LogP contribution in [0.5, 0.6) is 5.75 Å². The Morgan fingerprint density at radius 1 is 1.10 bits per heavy atom. The highest BCUT2D eigenvalue weighted by atomic mass is 19.1. The Morgan fingerprint density at radius 2 is 1.77 bits per heavy atom. The van der Waals surface area contributed by atoms with E-state index in [2.05, 4.69) is 13.8 Å². The van der Waals surface area contributed by atoms with Crippen molar-refractivity contribution in [2.24, 2.45) is 5.41 Å². The summed E-state index contributed by atoms with van der Waals surface area (Å²) in [5.74, 6) is 0.00260. The lowest BCUT2D eigenvalue weighted by molar-refractivity contribution is 0.0908. The average molecular weight is 411 g/mol. The van der Waals surface area contributed by atoms with E-state index in [0.29, 0.717) is 35.2 Å². The van der Waals surface area contributed by atoms with Crippen molar-refractivity contribution in [1.82, 2.24) is 4.98 Å². The van der Waals surface area contributed by atoms with E-state index in [1.54, 1.807) is 12.1 Å². The molecule has 6 heteroatoms. The third-order valence-electron chi connectivity index (χ3n) is 6.04. The van der Waals surface area contributed by atoms with Crippen LogP contribution in [0.4, 0.5) is 9.18 Å². The summed E-state index contributed by atoms with van der Waals surface area (Å²) in [5, 5.41) is 0. The average Bonchev–Trinajstić information content (AvgIpc) is 3.22. The van der Waals surface area contributed by atoms with Crippen molar-refractivity contribution >= 4 is 11.9 Å². The first-order valence-corrected chi connectivity index (χ1v) is 10.4. The number of ether oxygens (including phenoxy) is 2. The van der Waals surface area contributed by atoms with Crippen LogP contribution in [0, 0.1) is 11.2 Å². The third-order valence-corrected chi connectivity index (χ3v) is 6.04. The van der Waals surface area contributed by atoms with Crippen LogP contribution in [0.2, 0.25) is 0 Å². The van der Waals surface area contributed by atoms with E-state index >= 15 is 0 Å². The monoisotopic (exact) mass is 411 g/mol. The second-order valence-corrected chi connectivity index (χ2v) is 9.01. The topological polar surface area (TPSA) is 65.5 Å². The zero-order valence-corrected chi connectivity index (χ0v) is 17.6. The van der Waals surface area contributed by atoms with Crippen molar-refractivity contribution in [3.63, 3.8) is 0 Å². The van der Waals surface area contributed by atoms with Gasteiger partial charge in [-0.2, -0.15) is 0 Å². The van der Waals surface area contributed by atoms with Crippen molar-refractivity contribution in [3.05, 3.63) is 47.0 Å². The largest absolute Gasteiger partial charge is 0.513 e. The fourth-order valence-electron chi connectivity index (χ4n) is 4.70. The van der Waals surface area contributed by atoms with E-state index in [1.807, 2.05) is 0 Å². The number of ketones is 1. The van der Waals surface area contributed by atoms with Crippen LogP contribution >= 0.6 is 0 Å². The molecular formula is C24H26FNO4. The maximum absolute atomic E-state index is 13.6. The minimum Gasteiger partial charge on any atom is -0.437 e. The molecule has 2 aliphatic rings. The molecule has 1 aromatic carbocycles. The molecule has 5 nitrogen and oxygen atoms in total. The molecule has 1 saturated carbocycles. The van der Waals surface area contributed by atoms with E-state index in [1.165, 1.54) is 19.2 Å². The summed E-state index contributed by atoms with van der Waals surface area (Å²) in [6.07, 6.45) is 4.22. The molecule has 0 bridgehead atoms. The van der Waals surface area contributed by atoms with Gasteiger partial charge in [0.2, 0.25) is 0 Å². The summed E-state index contributed by atoms with van der Waals surface area (Å²) < 4.78 is 24.0. The van der Waals surface area contributed by atoms with Gasteiger partial charge >= 0.3 is 6.16 Å². The Labute approximate surface area is 175 Å². The summed E-state index contributed by atoms with van der Waals surface area (Å²) in [7, 11) is 1.24. The molecule has 1 heterocycles. The molecule has 4 rings (SSSR count). The lowest BCUT2D eigenvalue weighted by Crippen LogP contribution is -2.29. The molecule has 0 spiro atoms. The Balaban J connectivity index is 2.02. The normalized spacial score (nSPS) is 18.2. The molecule has 0 N–H and O–H groups in total. The van der Waals surface area contributed by atoms with Crippen molar-refractivity contribution in [2.45, 2.75) is 58.3 Å². The number of fused-ring (bicyclic) bond motifs is 1. The molecule has 0 amide bonds. The number of nitrogens with zero attached hydrogens (tertiary/aromatic N) is 1. The van der Waals surface area contributed by atoms with Crippen molar-refractivity contribution in [1.29, 1.82) is 0 Å². The Bertz CT molecular complexity index is 991. The number of carbonyl (C=O) groups is 2. The van der Waals surface area contributed by atoms with Crippen molar-refractivity contribution in [3.8, 4) is 16.9 Å². The molecule has 0 saturated heterocycles. The Morgan fingerprint density at radius 3 is 2.40 bits per heavy atom. The zero-order chi connectivity index (χ0) is 21.5. The smallest absolute Gasteiger partial charge is 0.437 e. The maximum Gasteiger partial charge on any atom is 0.513 e. The van der Waals surface area contributed by atoms with Gasteiger partial charge in [0.25, 0.3) is 0 Å². The first-order valence-electron chi connectivity index (χ1n) is 10.4. The fourth-order valence-corrected chi connectivity index (χ4v) is 4.70. The molecule has 1 aromatic heterocycles. The number of hydrogen-bond acceptors (Lipinski definition) is 5. The summed E-state index contributed by atoms with van der Waals surface area (Å²) in [6.45, 7) is 4.11. The summed E-state index contributed by atoms with van der Waals surface area (Å²) in [6, 6.07) is 5.91. The SMILES string of the molecule is COC(=O)Oc1c(C2CCCC2)nc2c(c1-c1ccc(F)cc1)C(=O)CC(C)(C)C2. The second kappa shape index (κ2) is 7.82. The number of carbonyl (C=O) groups excluding carboxylic acids is 2. The van der Waals surface area contributed by atoms with Gasteiger partial charge in [0.1, 0.15) is 5.82 Å². The van der Waals surface area contributed by atoms with Gasteiger partial charge in [-0.1, -0.05) is 38.8 Å². The van der Waals surface area contributed by atoms with E-state index in [9.17, 15) is 14.0 Å². The number of Topliss-reactive ketones (excluding diaryl/α,β-unsaturated/α-hetero) is 1. The van der Waals surface area contributed by atoms with E-state index < -0.39 is 6.16 Å². The molecule has 30 heavy (non-hydrogen) atoms. The quantitative estimate of drug-likeness (QED) is 0.593. The second-order valence-electron chi connectivity index (χ2n) is 9.01. The maximum atomic E-state index is 13.6. The zero-order valence-electron chi connectivity index (χ0n) is 17.6. The molecule has 1 fully saturated rings. The molecule has 0 aliphatic heterocycles. The van der Waals surface area contributed by atoms with Gasteiger partial charge in [-0.15, -0.1) is 0 Å².